The van der Waals surface area contributed by atoms with Gasteiger partial charge in [0.25, 0.3) is 0 Å². The zero-order chi connectivity index (χ0) is 18.0. The summed E-state index contributed by atoms with van der Waals surface area (Å²) in [6.07, 6.45) is 1.70. The lowest BCUT2D eigenvalue weighted by molar-refractivity contribution is -0.136. The molecular weight excluding hydrogens is 359 g/mol. The van der Waals surface area contributed by atoms with Gasteiger partial charge < -0.3 is 9.47 Å². The lowest BCUT2D eigenvalue weighted by Crippen LogP contribution is -2.13. The maximum atomic E-state index is 12.5. The first-order valence-corrected chi connectivity index (χ1v) is 8.71. The summed E-state index contributed by atoms with van der Waals surface area (Å²) in [6, 6.07) is 16.4. The van der Waals surface area contributed by atoms with E-state index < -0.39 is 0 Å². The van der Waals surface area contributed by atoms with Crippen LogP contribution in [-0.4, -0.2) is 5.97 Å². The van der Waals surface area contributed by atoms with Crippen LogP contribution in [0.2, 0.25) is 0 Å². The van der Waals surface area contributed by atoms with E-state index in [0.717, 1.165) is 5.75 Å². The molecule has 1 saturated carbocycles. The summed E-state index contributed by atoms with van der Waals surface area (Å²) in [5, 5.41) is 0. The Balaban J connectivity index is 1.68. The van der Waals surface area contributed by atoms with Gasteiger partial charge in [-0.15, -0.1) is 0 Å². The van der Waals surface area contributed by atoms with Crippen molar-refractivity contribution in [3.63, 3.8) is 0 Å². The molecule has 130 valence electrons. The molecule has 0 heterocycles. The van der Waals surface area contributed by atoms with Crippen LogP contribution in [0.1, 0.15) is 13.8 Å². The summed E-state index contributed by atoms with van der Waals surface area (Å²) in [6.45, 7) is 3.98. The van der Waals surface area contributed by atoms with Gasteiger partial charge in [-0.1, -0.05) is 61.3 Å². The number of ether oxygens (including phenoxy) is 2. The highest BCUT2D eigenvalue weighted by molar-refractivity contribution is 6.55. The number of carbonyl (C=O) groups is 1. The average Bonchev–Trinajstić information content (AvgIpc) is 3.08. The Morgan fingerprint density at radius 2 is 1.64 bits per heavy atom. The molecule has 0 aliphatic heterocycles. The number of rotatable bonds is 5. The van der Waals surface area contributed by atoms with E-state index in [4.69, 9.17) is 32.7 Å². The standard InChI is InChI=1S/C20H18Cl2O3/c1-20(2)16(12-17(21)22)18(20)19(23)25-15-10-6-9-14(11-15)24-13-7-4-3-5-8-13/h3-12,16,18H,1-2H3/t16-,18-/m1/s1. The van der Waals surface area contributed by atoms with Crippen molar-refractivity contribution < 1.29 is 14.3 Å². The van der Waals surface area contributed by atoms with Crippen LogP contribution in [0.15, 0.2) is 65.2 Å². The van der Waals surface area contributed by atoms with Crippen molar-refractivity contribution in [2.75, 3.05) is 0 Å². The van der Waals surface area contributed by atoms with Crippen LogP contribution in [0.25, 0.3) is 0 Å². The van der Waals surface area contributed by atoms with Gasteiger partial charge in [-0.3, -0.25) is 4.79 Å². The normalized spacial score (nSPS) is 20.5. The van der Waals surface area contributed by atoms with Crippen LogP contribution < -0.4 is 9.47 Å². The fraction of sp³-hybridized carbons (Fsp3) is 0.250. The molecule has 1 aliphatic rings. The number of esters is 1. The van der Waals surface area contributed by atoms with E-state index in [-0.39, 0.29) is 27.7 Å². The van der Waals surface area contributed by atoms with Crippen LogP contribution in [-0.2, 0) is 4.79 Å². The van der Waals surface area contributed by atoms with E-state index >= 15 is 0 Å². The van der Waals surface area contributed by atoms with E-state index in [2.05, 4.69) is 0 Å². The maximum absolute atomic E-state index is 12.5. The van der Waals surface area contributed by atoms with E-state index in [0.29, 0.717) is 11.5 Å². The quantitative estimate of drug-likeness (QED) is 0.475. The Hall–Kier alpha value is -1.97. The van der Waals surface area contributed by atoms with E-state index in [1.54, 1.807) is 24.3 Å². The average molecular weight is 377 g/mol. The second kappa shape index (κ2) is 7.11. The lowest BCUT2D eigenvalue weighted by atomic mass is 10.1. The molecule has 0 aromatic heterocycles. The molecule has 2 aromatic rings. The smallest absolute Gasteiger partial charge is 0.315 e. The molecule has 25 heavy (non-hydrogen) atoms. The van der Waals surface area contributed by atoms with Crippen molar-refractivity contribution in [1.29, 1.82) is 0 Å². The van der Waals surface area contributed by atoms with Gasteiger partial charge in [0.2, 0.25) is 0 Å². The molecule has 0 saturated heterocycles. The minimum Gasteiger partial charge on any atom is -0.457 e. The molecule has 0 spiro atoms. The highest BCUT2D eigenvalue weighted by Crippen LogP contribution is 2.60. The monoisotopic (exact) mass is 376 g/mol. The number of halogens is 2. The van der Waals surface area contributed by atoms with Gasteiger partial charge >= 0.3 is 5.97 Å². The Kier molecular flexibility index (Phi) is 5.07. The summed E-state index contributed by atoms with van der Waals surface area (Å²) < 4.78 is 11.5. The number of benzene rings is 2. The zero-order valence-electron chi connectivity index (χ0n) is 13.9. The molecule has 2 aromatic carbocycles. The summed E-state index contributed by atoms with van der Waals surface area (Å²) in [4.78, 5) is 12.5. The van der Waals surface area contributed by atoms with Crippen molar-refractivity contribution in [3.8, 4) is 17.2 Å². The fourth-order valence-corrected chi connectivity index (χ4v) is 3.25. The number of carbonyl (C=O) groups excluding carboxylic acids is 1. The fourth-order valence-electron chi connectivity index (χ4n) is 2.98. The van der Waals surface area contributed by atoms with Crippen LogP contribution in [0.5, 0.6) is 17.2 Å². The summed E-state index contributed by atoms with van der Waals surface area (Å²) >= 11 is 11.5. The van der Waals surface area contributed by atoms with Gasteiger partial charge in [-0.25, -0.2) is 0 Å². The maximum Gasteiger partial charge on any atom is 0.315 e. The molecule has 5 heteroatoms. The second-order valence-electron chi connectivity index (χ2n) is 6.59. The molecule has 3 nitrogen and oxygen atoms in total. The molecule has 1 aliphatic carbocycles. The first-order chi connectivity index (χ1) is 11.9. The first-order valence-electron chi connectivity index (χ1n) is 7.95. The minimum atomic E-state index is -0.294. The van der Waals surface area contributed by atoms with E-state index in [1.165, 1.54) is 0 Å². The van der Waals surface area contributed by atoms with Gasteiger partial charge in [-0.2, -0.15) is 0 Å². The predicted octanol–water partition coefficient (Wildman–Crippen LogP) is 5.98. The molecule has 2 atom stereocenters. The summed E-state index contributed by atoms with van der Waals surface area (Å²) in [5.74, 6) is 1.19. The van der Waals surface area contributed by atoms with E-state index in [1.807, 2.05) is 50.2 Å². The lowest BCUT2D eigenvalue weighted by Gasteiger charge is -2.08. The minimum absolute atomic E-state index is 0.0197. The third-order valence-electron chi connectivity index (χ3n) is 4.47. The molecule has 0 amide bonds. The van der Waals surface area contributed by atoms with Crippen LogP contribution >= 0.6 is 23.2 Å². The Labute approximate surface area is 157 Å². The highest BCUT2D eigenvalue weighted by Gasteiger charge is 2.61. The van der Waals surface area contributed by atoms with Gasteiger partial charge in [0.15, 0.2) is 0 Å². The number of allylic oxidation sites excluding steroid dienone is 1. The van der Waals surface area contributed by atoms with Gasteiger partial charge in [0, 0.05) is 6.07 Å². The largest absolute Gasteiger partial charge is 0.457 e. The molecule has 1 fully saturated rings. The predicted molar refractivity (Wildman–Crippen MR) is 99.1 cm³/mol. The van der Waals surface area contributed by atoms with Crippen molar-refractivity contribution in [2.45, 2.75) is 13.8 Å². The Morgan fingerprint density at radius 1 is 1.00 bits per heavy atom. The van der Waals surface area contributed by atoms with Crippen LogP contribution in [0.3, 0.4) is 0 Å². The van der Waals surface area contributed by atoms with Crippen LogP contribution in [0.4, 0.5) is 0 Å². The van der Waals surface area contributed by atoms with Crippen molar-refractivity contribution in [1.82, 2.24) is 0 Å². The van der Waals surface area contributed by atoms with Gasteiger partial charge in [-0.05, 0) is 41.7 Å². The SMILES string of the molecule is CC1(C)[C@H](C=C(Cl)Cl)[C@@H]1C(=O)Oc1cccc(Oc2ccccc2)c1. The highest BCUT2D eigenvalue weighted by atomic mass is 35.5. The third kappa shape index (κ3) is 4.17. The Morgan fingerprint density at radius 3 is 2.32 bits per heavy atom. The molecule has 0 N–H and O–H groups in total. The third-order valence-corrected chi connectivity index (χ3v) is 4.72. The summed E-state index contributed by atoms with van der Waals surface area (Å²) in [7, 11) is 0. The Bertz CT molecular complexity index is 796. The topological polar surface area (TPSA) is 35.5 Å². The molecule has 0 bridgehead atoms. The second-order valence-corrected chi connectivity index (χ2v) is 7.60. The van der Waals surface area contributed by atoms with Crippen molar-refractivity contribution in [2.24, 2.45) is 17.3 Å². The molecule has 3 rings (SSSR count). The first kappa shape index (κ1) is 17.8. The number of hydrogen-bond donors (Lipinski definition) is 0. The van der Waals surface area contributed by atoms with E-state index in [9.17, 15) is 4.79 Å². The molecule has 0 unspecified atom stereocenters. The van der Waals surface area contributed by atoms with Gasteiger partial charge in [0.05, 0.1) is 5.92 Å². The number of para-hydroxylation sites is 1. The van der Waals surface area contributed by atoms with Gasteiger partial charge in [0.1, 0.15) is 21.7 Å². The molecular formula is C20H18Cl2O3. The molecule has 0 radical (unpaired) electrons. The zero-order valence-corrected chi connectivity index (χ0v) is 15.4. The number of hydrogen-bond acceptors (Lipinski definition) is 3. The van der Waals surface area contributed by atoms with Crippen molar-refractivity contribution in [3.05, 3.63) is 65.2 Å². The van der Waals surface area contributed by atoms with Crippen LogP contribution in [0, 0.1) is 17.3 Å². The van der Waals surface area contributed by atoms with Crippen molar-refractivity contribution >= 4 is 29.2 Å². The summed E-state index contributed by atoms with van der Waals surface area (Å²) in [5.41, 5.74) is -0.218.